The Kier molecular flexibility index (Phi) is 4.41. The van der Waals surface area contributed by atoms with Crippen LogP contribution in [0.4, 0.5) is 4.79 Å². The van der Waals surface area contributed by atoms with E-state index < -0.39 is 17.5 Å². The van der Waals surface area contributed by atoms with Crippen molar-refractivity contribution in [2.45, 2.75) is 38.5 Å². The van der Waals surface area contributed by atoms with Gasteiger partial charge in [0.25, 0.3) is 5.91 Å². The van der Waals surface area contributed by atoms with Gasteiger partial charge >= 0.3 is 6.03 Å². The molecule has 3 aliphatic rings. The molecule has 0 aromatic heterocycles. The molecule has 1 aromatic rings. The number of benzene rings is 1. The Hall–Kier alpha value is -2.81. The molecule has 2 fully saturated rings. The fourth-order valence-electron chi connectivity index (χ4n) is 3.86. The molecule has 3 aliphatic heterocycles. The third kappa shape index (κ3) is 3.05. The van der Waals surface area contributed by atoms with Gasteiger partial charge in [0.1, 0.15) is 12.1 Å². The van der Waals surface area contributed by atoms with E-state index in [9.17, 15) is 14.4 Å². The molecule has 150 valence electrons. The van der Waals surface area contributed by atoms with Crippen LogP contribution in [0.1, 0.15) is 26.3 Å². The topological polar surface area (TPSA) is 97.4 Å². The molecule has 9 nitrogen and oxygen atoms in total. The molecule has 0 unspecified atom stereocenters. The highest BCUT2D eigenvalue weighted by Crippen LogP contribution is 2.37. The van der Waals surface area contributed by atoms with Gasteiger partial charge in [0.05, 0.1) is 12.2 Å². The second-order valence-electron chi connectivity index (χ2n) is 7.57. The molecule has 0 radical (unpaired) electrons. The number of imide groups is 1. The molecule has 4 rings (SSSR count). The summed E-state index contributed by atoms with van der Waals surface area (Å²) in [6, 6.07) is 4.50. The summed E-state index contributed by atoms with van der Waals surface area (Å²) < 4.78 is 16.3. The smallest absolute Gasteiger partial charge is 0.325 e. The van der Waals surface area contributed by atoms with Gasteiger partial charge in [-0.25, -0.2) is 4.79 Å². The van der Waals surface area contributed by atoms with Crippen LogP contribution in [0.15, 0.2) is 18.2 Å². The minimum atomic E-state index is -1.27. The summed E-state index contributed by atoms with van der Waals surface area (Å²) in [5, 5.41) is 2.71. The zero-order chi connectivity index (χ0) is 20.1. The SMILES string of the molecule is C[C@@H]1CN(C(=O)CN2C(=O)N[C@](C)(c3ccc4c(c3)OCO4)C2=O)C[C@H](C)O1. The van der Waals surface area contributed by atoms with Crippen LogP contribution < -0.4 is 14.8 Å². The zero-order valence-corrected chi connectivity index (χ0v) is 16.1. The van der Waals surface area contributed by atoms with Crippen molar-refractivity contribution in [1.29, 1.82) is 0 Å². The monoisotopic (exact) mass is 389 g/mol. The zero-order valence-electron chi connectivity index (χ0n) is 16.1. The molecule has 1 aromatic carbocycles. The lowest BCUT2D eigenvalue weighted by atomic mass is 9.91. The maximum Gasteiger partial charge on any atom is 0.325 e. The number of ether oxygens (including phenoxy) is 3. The van der Waals surface area contributed by atoms with Crippen molar-refractivity contribution in [1.82, 2.24) is 15.1 Å². The van der Waals surface area contributed by atoms with E-state index in [1.165, 1.54) is 0 Å². The molecule has 28 heavy (non-hydrogen) atoms. The summed E-state index contributed by atoms with van der Waals surface area (Å²) in [7, 11) is 0. The second kappa shape index (κ2) is 6.66. The fraction of sp³-hybridized carbons (Fsp3) is 0.526. The van der Waals surface area contributed by atoms with Gasteiger partial charge in [-0.05, 0) is 38.5 Å². The van der Waals surface area contributed by atoms with Crippen molar-refractivity contribution >= 4 is 17.8 Å². The van der Waals surface area contributed by atoms with Crippen LogP contribution >= 0.6 is 0 Å². The number of hydrogen-bond acceptors (Lipinski definition) is 6. The van der Waals surface area contributed by atoms with Gasteiger partial charge in [-0.1, -0.05) is 6.07 Å². The number of carbonyl (C=O) groups is 3. The van der Waals surface area contributed by atoms with Gasteiger partial charge in [-0.3, -0.25) is 14.5 Å². The third-order valence-electron chi connectivity index (χ3n) is 5.29. The van der Waals surface area contributed by atoms with E-state index in [1.807, 2.05) is 13.8 Å². The van der Waals surface area contributed by atoms with Gasteiger partial charge in [-0.2, -0.15) is 0 Å². The number of nitrogens with zero attached hydrogens (tertiary/aromatic N) is 2. The Morgan fingerprint density at radius 3 is 2.57 bits per heavy atom. The van der Waals surface area contributed by atoms with Crippen molar-refractivity contribution in [3.63, 3.8) is 0 Å². The Morgan fingerprint density at radius 1 is 1.18 bits per heavy atom. The summed E-state index contributed by atoms with van der Waals surface area (Å²) in [5.41, 5.74) is -0.706. The number of amides is 4. The Morgan fingerprint density at radius 2 is 1.86 bits per heavy atom. The molecular weight excluding hydrogens is 366 g/mol. The minimum Gasteiger partial charge on any atom is -0.454 e. The van der Waals surface area contributed by atoms with Crippen LogP contribution in [-0.4, -0.2) is 66.3 Å². The molecule has 9 heteroatoms. The molecule has 0 spiro atoms. The summed E-state index contributed by atoms with van der Waals surface area (Å²) in [4.78, 5) is 40.9. The first-order valence-corrected chi connectivity index (χ1v) is 9.25. The van der Waals surface area contributed by atoms with Crippen LogP contribution in [-0.2, 0) is 19.9 Å². The average Bonchev–Trinajstić information content (AvgIpc) is 3.19. The van der Waals surface area contributed by atoms with E-state index in [4.69, 9.17) is 14.2 Å². The summed E-state index contributed by atoms with van der Waals surface area (Å²) in [5.74, 6) is 0.359. The molecule has 0 bridgehead atoms. The maximum absolute atomic E-state index is 13.1. The van der Waals surface area contributed by atoms with Crippen molar-refractivity contribution in [2.75, 3.05) is 26.4 Å². The van der Waals surface area contributed by atoms with Gasteiger partial charge in [0.2, 0.25) is 12.7 Å². The summed E-state index contributed by atoms with van der Waals surface area (Å²) >= 11 is 0. The minimum absolute atomic E-state index is 0.0882. The lowest BCUT2D eigenvalue weighted by molar-refractivity contribution is -0.146. The lowest BCUT2D eigenvalue weighted by Crippen LogP contribution is -2.52. The highest BCUT2D eigenvalue weighted by atomic mass is 16.7. The number of urea groups is 1. The molecule has 1 N–H and O–H groups in total. The van der Waals surface area contributed by atoms with E-state index in [-0.39, 0.29) is 31.5 Å². The van der Waals surface area contributed by atoms with E-state index >= 15 is 0 Å². The van der Waals surface area contributed by atoms with Crippen LogP contribution in [0.25, 0.3) is 0 Å². The Bertz CT molecular complexity index is 833. The number of morpholine rings is 1. The highest BCUT2D eigenvalue weighted by molar-refractivity contribution is 6.09. The second-order valence-corrected chi connectivity index (χ2v) is 7.57. The van der Waals surface area contributed by atoms with E-state index in [0.29, 0.717) is 30.2 Å². The summed E-state index contributed by atoms with van der Waals surface area (Å²) in [6.45, 7) is 6.09. The quantitative estimate of drug-likeness (QED) is 0.769. The number of hydrogen-bond donors (Lipinski definition) is 1. The first-order chi connectivity index (χ1) is 13.3. The van der Waals surface area contributed by atoms with E-state index in [0.717, 1.165) is 4.90 Å². The molecule has 3 atom stereocenters. The van der Waals surface area contributed by atoms with Gasteiger partial charge in [0, 0.05) is 13.1 Å². The van der Waals surface area contributed by atoms with Crippen molar-refractivity contribution in [2.24, 2.45) is 0 Å². The van der Waals surface area contributed by atoms with Crippen molar-refractivity contribution in [3.05, 3.63) is 23.8 Å². The number of rotatable bonds is 3. The van der Waals surface area contributed by atoms with E-state index in [1.54, 1.807) is 30.0 Å². The van der Waals surface area contributed by atoms with Crippen LogP contribution in [0.2, 0.25) is 0 Å². The normalized spacial score (nSPS) is 29.2. The predicted molar refractivity (Wildman–Crippen MR) is 96.8 cm³/mol. The first-order valence-electron chi connectivity index (χ1n) is 9.25. The van der Waals surface area contributed by atoms with Crippen molar-refractivity contribution < 1.29 is 28.6 Å². The molecule has 3 heterocycles. The number of nitrogens with one attached hydrogen (secondary N) is 1. The number of carbonyl (C=O) groups excluding carboxylic acids is 3. The number of fused-ring (bicyclic) bond motifs is 1. The Balaban J connectivity index is 1.51. The fourth-order valence-corrected chi connectivity index (χ4v) is 3.86. The standard InChI is InChI=1S/C19H23N3O6/c1-11-7-21(8-12(2)28-11)16(23)9-22-17(24)19(3,20-18(22)25)13-4-5-14-15(6-13)27-10-26-14/h4-6,11-12H,7-10H2,1-3H3,(H,20,25)/t11-,12+,19-/m1/s1. The molecular formula is C19H23N3O6. The van der Waals surface area contributed by atoms with Crippen LogP contribution in [0.5, 0.6) is 11.5 Å². The average molecular weight is 389 g/mol. The van der Waals surface area contributed by atoms with Gasteiger partial charge < -0.3 is 24.4 Å². The van der Waals surface area contributed by atoms with E-state index in [2.05, 4.69) is 5.32 Å². The molecule has 2 saturated heterocycles. The van der Waals surface area contributed by atoms with Crippen LogP contribution in [0, 0.1) is 0 Å². The largest absolute Gasteiger partial charge is 0.454 e. The summed E-state index contributed by atoms with van der Waals surface area (Å²) in [6.07, 6.45) is -0.176. The molecule has 0 saturated carbocycles. The van der Waals surface area contributed by atoms with Crippen molar-refractivity contribution in [3.8, 4) is 11.5 Å². The predicted octanol–water partition coefficient (Wildman–Crippen LogP) is 0.818. The molecule has 0 aliphatic carbocycles. The van der Waals surface area contributed by atoms with Gasteiger partial charge in [-0.15, -0.1) is 0 Å². The van der Waals surface area contributed by atoms with Gasteiger partial charge in [0.15, 0.2) is 11.5 Å². The maximum atomic E-state index is 13.1. The first kappa shape index (κ1) is 18.5. The highest BCUT2D eigenvalue weighted by Gasteiger charge is 2.50. The third-order valence-corrected chi connectivity index (χ3v) is 5.29. The molecule has 4 amide bonds. The van der Waals surface area contributed by atoms with Crippen LogP contribution in [0.3, 0.4) is 0 Å². The lowest BCUT2D eigenvalue weighted by Gasteiger charge is -2.35. The Labute approximate surface area is 162 Å².